The van der Waals surface area contributed by atoms with Crippen LogP contribution in [0.15, 0.2) is 53.6 Å². The molecule has 0 radical (unpaired) electrons. The highest BCUT2D eigenvalue weighted by molar-refractivity contribution is 7.17. The molecule has 138 valence electrons. The zero-order valence-electron chi connectivity index (χ0n) is 15.1. The lowest BCUT2D eigenvalue weighted by atomic mass is 10.2. The van der Waals surface area contributed by atoms with Gasteiger partial charge in [0.1, 0.15) is 17.2 Å². The summed E-state index contributed by atoms with van der Waals surface area (Å²) in [5, 5.41) is 4.36. The number of rotatable bonds is 6. The first kappa shape index (κ1) is 18.6. The van der Waals surface area contributed by atoms with Crippen LogP contribution in [0.4, 0.5) is 5.13 Å². The quantitative estimate of drug-likeness (QED) is 0.504. The first-order chi connectivity index (χ1) is 13.0. The van der Waals surface area contributed by atoms with Gasteiger partial charge in [0.05, 0.1) is 11.9 Å². The molecule has 3 N–H and O–H groups in total. The van der Waals surface area contributed by atoms with Crippen LogP contribution < -0.4 is 15.9 Å². The highest BCUT2D eigenvalue weighted by Crippen LogP contribution is 2.19. The number of amides is 1. The minimum atomic E-state index is -0.329. The van der Waals surface area contributed by atoms with Gasteiger partial charge in [-0.3, -0.25) is 4.79 Å². The van der Waals surface area contributed by atoms with Crippen molar-refractivity contribution in [3.05, 3.63) is 75.8 Å². The van der Waals surface area contributed by atoms with E-state index in [1.54, 1.807) is 13.1 Å². The fourth-order valence-electron chi connectivity index (χ4n) is 2.38. The number of anilines is 1. The summed E-state index contributed by atoms with van der Waals surface area (Å²) in [6.07, 6.45) is 1.57. The summed E-state index contributed by atoms with van der Waals surface area (Å²) in [4.78, 5) is 16.6. The van der Waals surface area contributed by atoms with E-state index in [4.69, 9.17) is 10.5 Å². The number of thiazole rings is 1. The van der Waals surface area contributed by atoms with Crippen LogP contribution in [0.3, 0.4) is 0 Å². The van der Waals surface area contributed by atoms with E-state index in [9.17, 15) is 4.79 Å². The summed E-state index contributed by atoms with van der Waals surface area (Å²) >= 11 is 1.14. The fourth-order valence-corrected chi connectivity index (χ4v) is 3.10. The lowest BCUT2D eigenvalue weighted by Crippen LogP contribution is -2.17. The molecule has 0 bridgehead atoms. The van der Waals surface area contributed by atoms with E-state index >= 15 is 0 Å². The Morgan fingerprint density at radius 2 is 2.04 bits per heavy atom. The minimum Gasteiger partial charge on any atom is -0.489 e. The van der Waals surface area contributed by atoms with Crippen LogP contribution in [-0.2, 0) is 6.61 Å². The Morgan fingerprint density at radius 1 is 1.26 bits per heavy atom. The second-order valence-corrected chi connectivity index (χ2v) is 7.04. The summed E-state index contributed by atoms with van der Waals surface area (Å²) in [6.45, 7) is 4.28. The predicted octanol–water partition coefficient (Wildman–Crippen LogP) is 3.69. The third kappa shape index (κ3) is 5.15. The third-order valence-electron chi connectivity index (χ3n) is 3.78. The molecule has 0 unspecified atom stereocenters. The molecule has 3 aromatic rings. The average molecular weight is 380 g/mol. The number of nitrogens with one attached hydrogen (secondary N) is 1. The van der Waals surface area contributed by atoms with Crippen LogP contribution >= 0.6 is 11.3 Å². The Hall–Kier alpha value is -3.19. The Kier molecular flexibility index (Phi) is 5.83. The Balaban J connectivity index is 1.58. The monoisotopic (exact) mass is 380 g/mol. The van der Waals surface area contributed by atoms with Crippen molar-refractivity contribution >= 4 is 28.6 Å². The normalized spacial score (nSPS) is 10.9. The van der Waals surface area contributed by atoms with Crippen molar-refractivity contribution in [3.63, 3.8) is 0 Å². The van der Waals surface area contributed by atoms with Crippen LogP contribution in [-0.4, -0.2) is 17.1 Å². The van der Waals surface area contributed by atoms with Gasteiger partial charge in [0.2, 0.25) is 0 Å². The molecular formula is C20H20N4O2S. The predicted molar refractivity (Wildman–Crippen MR) is 108 cm³/mol. The maximum atomic E-state index is 12.1. The van der Waals surface area contributed by atoms with Gasteiger partial charge in [-0.05, 0) is 37.1 Å². The smallest absolute Gasteiger partial charge is 0.283 e. The van der Waals surface area contributed by atoms with Crippen molar-refractivity contribution in [3.8, 4) is 5.75 Å². The summed E-state index contributed by atoms with van der Waals surface area (Å²) in [7, 11) is 0. The molecule has 0 saturated carbocycles. The molecule has 1 amide bonds. The molecule has 0 aliphatic heterocycles. The largest absolute Gasteiger partial charge is 0.489 e. The standard InChI is InChI=1S/C20H20N4O2S/c1-13-6-8-15(9-7-13)12-26-17-5-3-4-16(10-17)11-22-24-19(25)18-14(2)23-20(21)27-18/h3-11H,12H2,1-2H3,(H2,21,23)(H,24,25)/b22-11-. The number of hydrazone groups is 1. The van der Waals surface area contributed by atoms with Crippen LogP contribution in [0.1, 0.15) is 32.1 Å². The van der Waals surface area contributed by atoms with Crippen molar-refractivity contribution in [2.24, 2.45) is 5.10 Å². The average Bonchev–Trinajstić information content (AvgIpc) is 3.00. The highest BCUT2D eigenvalue weighted by Gasteiger charge is 2.13. The maximum Gasteiger partial charge on any atom is 0.283 e. The van der Waals surface area contributed by atoms with Gasteiger partial charge < -0.3 is 10.5 Å². The van der Waals surface area contributed by atoms with Gasteiger partial charge in [-0.1, -0.05) is 53.3 Å². The van der Waals surface area contributed by atoms with Gasteiger partial charge in [0.25, 0.3) is 5.91 Å². The van der Waals surface area contributed by atoms with Crippen molar-refractivity contribution in [1.82, 2.24) is 10.4 Å². The van der Waals surface area contributed by atoms with Crippen LogP contribution in [0, 0.1) is 13.8 Å². The topological polar surface area (TPSA) is 89.6 Å². The number of carbonyl (C=O) groups is 1. The number of aromatic nitrogens is 1. The fraction of sp³-hybridized carbons (Fsp3) is 0.150. The number of nitrogens with zero attached hydrogens (tertiary/aromatic N) is 2. The van der Waals surface area contributed by atoms with Gasteiger partial charge in [-0.15, -0.1) is 0 Å². The maximum absolute atomic E-state index is 12.1. The number of hydrogen-bond donors (Lipinski definition) is 2. The number of nitrogen functional groups attached to an aromatic ring is 1. The summed E-state index contributed by atoms with van der Waals surface area (Å²) < 4.78 is 5.82. The molecule has 0 aliphatic carbocycles. The lowest BCUT2D eigenvalue weighted by molar-refractivity contribution is 0.0958. The van der Waals surface area contributed by atoms with E-state index in [-0.39, 0.29) is 5.91 Å². The molecule has 0 aliphatic rings. The second-order valence-electron chi connectivity index (χ2n) is 6.01. The first-order valence-corrected chi connectivity index (χ1v) is 9.17. The summed E-state index contributed by atoms with van der Waals surface area (Å²) in [5.41, 5.74) is 11.8. The van der Waals surface area contributed by atoms with E-state index in [1.807, 2.05) is 36.4 Å². The molecule has 3 rings (SSSR count). The Bertz CT molecular complexity index is 964. The number of aryl methyl sites for hydroxylation is 2. The Morgan fingerprint density at radius 3 is 2.74 bits per heavy atom. The Labute approximate surface area is 161 Å². The van der Waals surface area contributed by atoms with Crippen LogP contribution in [0.2, 0.25) is 0 Å². The number of ether oxygens (including phenoxy) is 1. The van der Waals surface area contributed by atoms with Gasteiger partial charge >= 0.3 is 0 Å². The number of hydrogen-bond acceptors (Lipinski definition) is 6. The van der Waals surface area contributed by atoms with E-state index < -0.39 is 0 Å². The highest BCUT2D eigenvalue weighted by atomic mass is 32.1. The molecule has 0 spiro atoms. The van der Waals surface area contributed by atoms with Gasteiger partial charge in [0, 0.05) is 0 Å². The minimum absolute atomic E-state index is 0.329. The molecule has 7 heteroatoms. The van der Waals surface area contributed by atoms with Gasteiger partial charge in [-0.25, -0.2) is 10.4 Å². The van der Waals surface area contributed by atoms with E-state index in [0.29, 0.717) is 22.3 Å². The van der Waals surface area contributed by atoms with E-state index in [0.717, 1.165) is 28.2 Å². The van der Waals surface area contributed by atoms with Crippen molar-refractivity contribution in [2.75, 3.05) is 5.73 Å². The van der Waals surface area contributed by atoms with Gasteiger partial charge in [-0.2, -0.15) is 5.10 Å². The van der Waals surface area contributed by atoms with Crippen LogP contribution in [0.5, 0.6) is 5.75 Å². The molecule has 0 fully saturated rings. The molecule has 1 heterocycles. The van der Waals surface area contributed by atoms with E-state index in [1.165, 1.54) is 5.56 Å². The number of carbonyl (C=O) groups excluding carboxylic acids is 1. The number of nitrogens with two attached hydrogens (primary N) is 1. The van der Waals surface area contributed by atoms with Gasteiger partial charge in [0.15, 0.2) is 5.13 Å². The molecular weight excluding hydrogens is 360 g/mol. The van der Waals surface area contributed by atoms with Crippen molar-refractivity contribution in [2.45, 2.75) is 20.5 Å². The van der Waals surface area contributed by atoms with E-state index in [2.05, 4.69) is 34.6 Å². The molecule has 0 saturated heterocycles. The molecule has 1 aromatic heterocycles. The van der Waals surface area contributed by atoms with Crippen molar-refractivity contribution < 1.29 is 9.53 Å². The SMILES string of the molecule is Cc1ccc(COc2cccc(/C=N\NC(=O)c3sc(N)nc3C)c2)cc1. The first-order valence-electron chi connectivity index (χ1n) is 8.36. The zero-order chi connectivity index (χ0) is 19.2. The zero-order valence-corrected chi connectivity index (χ0v) is 15.9. The van der Waals surface area contributed by atoms with Crippen LogP contribution in [0.25, 0.3) is 0 Å². The summed E-state index contributed by atoms with van der Waals surface area (Å²) in [6, 6.07) is 15.7. The number of benzene rings is 2. The van der Waals surface area contributed by atoms with Crippen molar-refractivity contribution in [1.29, 1.82) is 0 Å². The third-order valence-corrected chi connectivity index (χ3v) is 4.77. The molecule has 2 aromatic carbocycles. The lowest BCUT2D eigenvalue weighted by Gasteiger charge is -2.07. The summed E-state index contributed by atoms with van der Waals surface area (Å²) in [5.74, 6) is 0.404. The molecule has 27 heavy (non-hydrogen) atoms. The molecule has 6 nitrogen and oxygen atoms in total. The second kappa shape index (κ2) is 8.46. The molecule has 0 atom stereocenters.